The molecule has 0 spiro atoms. The standard InChI is InChI=1S/C13H19N5S2/c1-9-7-20-12(16-9)5-15-13(14-3)18(4)6-11-8-19-10(2)17-11/h7-8H,5-6H2,1-4H3,(H,14,15). The number of hydrogen-bond acceptors (Lipinski definition) is 5. The summed E-state index contributed by atoms with van der Waals surface area (Å²) in [5, 5.41) is 9.63. The van der Waals surface area contributed by atoms with Gasteiger partial charge in [0.25, 0.3) is 0 Å². The fourth-order valence-electron chi connectivity index (χ4n) is 1.82. The highest BCUT2D eigenvalue weighted by Crippen LogP contribution is 2.10. The first kappa shape index (κ1) is 14.9. The average molecular weight is 309 g/mol. The van der Waals surface area contributed by atoms with E-state index in [9.17, 15) is 0 Å². The Morgan fingerprint density at radius 1 is 1.30 bits per heavy atom. The highest BCUT2D eigenvalue weighted by atomic mass is 32.1. The van der Waals surface area contributed by atoms with Crippen LogP contribution in [0.5, 0.6) is 0 Å². The van der Waals surface area contributed by atoms with Gasteiger partial charge in [-0.15, -0.1) is 22.7 Å². The Bertz CT molecular complexity index is 587. The van der Waals surface area contributed by atoms with Crippen LogP contribution < -0.4 is 5.32 Å². The summed E-state index contributed by atoms with van der Waals surface area (Å²) < 4.78 is 0. The Labute approximate surface area is 127 Å². The molecule has 0 bridgehead atoms. The molecule has 0 radical (unpaired) electrons. The van der Waals surface area contributed by atoms with E-state index in [2.05, 4.69) is 35.9 Å². The molecule has 0 unspecified atom stereocenters. The van der Waals surface area contributed by atoms with Gasteiger partial charge in [0.05, 0.1) is 23.8 Å². The van der Waals surface area contributed by atoms with E-state index in [1.165, 1.54) is 0 Å². The molecule has 2 aromatic rings. The first-order valence-electron chi connectivity index (χ1n) is 6.32. The van der Waals surface area contributed by atoms with Crippen LogP contribution in [0, 0.1) is 13.8 Å². The van der Waals surface area contributed by atoms with Gasteiger partial charge in [0.2, 0.25) is 0 Å². The number of aliphatic imine (C=N–C) groups is 1. The lowest BCUT2D eigenvalue weighted by Gasteiger charge is -2.20. The largest absolute Gasteiger partial charge is 0.350 e. The van der Waals surface area contributed by atoms with E-state index in [0.29, 0.717) is 6.54 Å². The molecule has 2 rings (SSSR count). The normalized spacial score (nSPS) is 11.7. The summed E-state index contributed by atoms with van der Waals surface area (Å²) in [7, 11) is 3.80. The van der Waals surface area contributed by atoms with Crippen molar-refractivity contribution in [3.05, 3.63) is 32.2 Å². The number of thiazole rings is 2. The maximum atomic E-state index is 4.47. The molecule has 0 aliphatic rings. The monoisotopic (exact) mass is 309 g/mol. The molecule has 0 saturated heterocycles. The van der Waals surface area contributed by atoms with Crippen molar-refractivity contribution in [2.75, 3.05) is 14.1 Å². The van der Waals surface area contributed by atoms with Crippen molar-refractivity contribution in [3.8, 4) is 0 Å². The van der Waals surface area contributed by atoms with Gasteiger partial charge < -0.3 is 10.2 Å². The van der Waals surface area contributed by atoms with Gasteiger partial charge in [-0.05, 0) is 13.8 Å². The smallest absolute Gasteiger partial charge is 0.194 e. The minimum Gasteiger partial charge on any atom is -0.350 e. The first-order chi connectivity index (χ1) is 9.58. The number of guanidine groups is 1. The van der Waals surface area contributed by atoms with Crippen molar-refractivity contribution < 1.29 is 0 Å². The Hall–Kier alpha value is -1.47. The van der Waals surface area contributed by atoms with Gasteiger partial charge in [-0.3, -0.25) is 4.99 Å². The summed E-state index contributed by atoms with van der Waals surface area (Å²) in [6.45, 7) is 5.48. The highest BCUT2D eigenvalue weighted by molar-refractivity contribution is 7.09. The van der Waals surface area contributed by atoms with E-state index in [-0.39, 0.29) is 0 Å². The number of aromatic nitrogens is 2. The van der Waals surface area contributed by atoms with Crippen LogP contribution in [-0.4, -0.2) is 34.9 Å². The lowest BCUT2D eigenvalue weighted by Crippen LogP contribution is -2.38. The molecule has 0 aliphatic carbocycles. The predicted octanol–water partition coefficient (Wildman–Crippen LogP) is 2.42. The summed E-state index contributed by atoms with van der Waals surface area (Å²) in [6.07, 6.45) is 0. The zero-order valence-corrected chi connectivity index (χ0v) is 13.8. The van der Waals surface area contributed by atoms with Crippen LogP contribution in [-0.2, 0) is 13.1 Å². The number of rotatable bonds is 4. The van der Waals surface area contributed by atoms with Gasteiger partial charge >= 0.3 is 0 Å². The lowest BCUT2D eigenvalue weighted by molar-refractivity contribution is 0.470. The van der Waals surface area contributed by atoms with Crippen molar-refractivity contribution in [2.24, 2.45) is 4.99 Å². The molecule has 0 aliphatic heterocycles. The molecule has 2 aromatic heterocycles. The van der Waals surface area contributed by atoms with Crippen molar-refractivity contribution in [1.29, 1.82) is 0 Å². The Kier molecular flexibility index (Phi) is 5.08. The number of nitrogens with one attached hydrogen (secondary N) is 1. The van der Waals surface area contributed by atoms with Crippen LogP contribution in [0.2, 0.25) is 0 Å². The molecule has 0 amide bonds. The number of nitrogens with zero attached hydrogens (tertiary/aromatic N) is 4. The SMILES string of the molecule is CN=C(NCc1nc(C)cs1)N(C)Cc1csc(C)n1. The fourth-order valence-corrected chi connectivity index (χ4v) is 3.14. The molecular weight excluding hydrogens is 290 g/mol. The average Bonchev–Trinajstić information content (AvgIpc) is 2.99. The highest BCUT2D eigenvalue weighted by Gasteiger charge is 2.09. The van der Waals surface area contributed by atoms with Crippen LogP contribution in [0.3, 0.4) is 0 Å². The lowest BCUT2D eigenvalue weighted by atomic mass is 10.4. The first-order valence-corrected chi connectivity index (χ1v) is 8.08. The van der Waals surface area contributed by atoms with Gasteiger partial charge in [0, 0.05) is 30.5 Å². The second-order valence-corrected chi connectivity index (χ2v) is 6.50. The molecule has 0 saturated carbocycles. The quantitative estimate of drug-likeness (QED) is 0.696. The molecular formula is C13H19N5S2. The summed E-state index contributed by atoms with van der Waals surface area (Å²) in [5.74, 6) is 0.850. The Morgan fingerprint density at radius 2 is 2.10 bits per heavy atom. The third-order valence-corrected chi connectivity index (χ3v) is 4.49. The Morgan fingerprint density at radius 3 is 2.65 bits per heavy atom. The molecule has 0 fully saturated rings. The maximum absolute atomic E-state index is 4.47. The number of hydrogen-bond donors (Lipinski definition) is 1. The van der Waals surface area contributed by atoms with Gasteiger partial charge in [0.15, 0.2) is 5.96 Å². The zero-order valence-electron chi connectivity index (χ0n) is 12.2. The molecule has 5 nitrogen and oxygen atoms in total. The fraction of sp³-hybridized carbons (Fsp3) is 0.462. The summed E-state index contributed by atoms with van der Waals surface area (Å²) in [4.78, 5) is 15.3. The molecule has 1 N–H and O–H groups in total. The second-order valence-electron chi connectivity index (χ2n) is 4.50. The van der Waals surface area contributed by atoms with Crippen molar-refractivity contribution in [2.45, 2.75) is 26.9 Å². The van der Waals surface area contributed by atoms with Crippen LogP contribution in [0.1, 0.15) is 21.4 Å². The van der Waals surface area contributed by atoms with Crippen LogP contribution >= 0.6 is 22.7 Å². The van der Waals surface area contributed by atoms with Gasteiger partial charge in [-0.1, -0.05) is 0 Å². The van der Waals surface area contributed by atoms with E-state index >= 15 is 0 Å². The second kappa shape index (κ2) is 6.81. The van der Waals surface area contributed by atoms with Crippen LogP contribution in [0.4, 0.5) is 0 Å². The van der Waals surface area contributed by atoms with E-state index < -0.39 is 0 Å². The van der Waals surface area contributed by atoms with E-state index in [1.54, 1.807) is 29.7 Å². The minimum atomic E-state index is 0.700. The van der Waals surface area contributed by atoms with Crippen LogP contribution in [0.25, 0.3) is 0 Å². The molecule has 108 valence electrons. The molecule has 20 heavy (non-hydrogen) atoms. The topological polar surface area (TPSA) is 53.4 Å². The Balaban J connectivity index is 1.90. The van der Waals surface area contributed by atoms with Crippen molar-refractivity contribution in [3.63, 3.8) is 0 Å². The third-order valence-electron chi connectivity index (χ3n) is 2.70. The van der Waals surface area contributed by atoms with E-state index in [1.807, 2.05) is 20.9 Å². The number of aryl methyl sites for hydroxylation is 2. The van der Waals surface area contributed by atoms with Crippen LogP contribution in [0.15, 0.2) is 15.8 Å². The van der Waals surface area contributed by atoms with Gasteiger partial charge in [-0.2, -0.15) is 0 Å². The van der Waals surface area contributed by atoms with E-state index in [0.717, 1.165) is 33.9 Å². The predicted molar refractivity (Wildman–Crippen MR) is 85.4 cm³/mol. The van der Waals surface area contributed by atoms with Gasteiger partial charge in [-0.25, -0.2) is 9.97 Å². The van der Waals surface area contributed by atoms with Gasteiger partial charge in [0.1, 0.15) is 5.01 Å². The summed E-state index contributed by atoms with van der Waals surface area (Å²) in [5.41, 5.74) is 2.14. The molecule has 2 heterocycles. The third kappa shape index (κ3) is 4.01. The van der Waals surface area contributed by atoms with E-state index in [4.69, 9.17) is 0 Å². The van der Waals surface area contributed by atoms with Crippen molar-refractivity contribution >= 4 is 28.6 Å². The summed E-state index contributed by atoms with van der Waals surface area (Å²) in [6, 6.07) is 0. The maximum Gasteiger partial charge on any atom is 0.194 e. The zero-order chi connectivity index (χ0) is 14.5. The minimum absolute atomic E-state index is 0.700. The van der Waals surface area contributed by atoms with Crippen molar-refractivity contribution in [1.82, 2.24) is 20.2 Å². The molecule has 0 atom stereocenters. The molecule has 0 aromatic carbocycles. The summed E-state index contributed by atoms with van der Waals surface area (Å²) >= 11 is 3.34. The molecule has 7 heteroatoms.